The molecular formula is C15H23NO3. The average molecular weight is 265 g/mol. The van der Waals surface area contributed by atoms with E-state index in [0.717, 1.165) is 18.5 Å². The minimum Gasteiger partial charge on any atom is -0.457 e. The van der Waals surface area contributed by atoms with Crippen molar-refractivity contribution < 1.29 is 14.6 Å². The van der Waals surface area contributed by atoms with Gasteiger partial charge in [0.05, 0.1) is 0 Å². The summed E-state index contributed by atoms with van der Waals surface area (Å²) >= 11 is 0. The van der Waals surface area contributed by atoms with E-state index in [0.29, 0.717) is 6.42 Å². The van der Waals surface area contributed by atoms with Crippen LogP contribution in [0.5, 0.6) is 0 Å². The minimum atomic E-state index is -0.434. The molecule has 0 aliphatic heterocycles. The zero-order valence-electron chi connectivity index (χ0n) is 11.6. The highest BCUT2D eigenvalue weighted by molar-refractivity contribution is 5.76. The maximum Gasteiger partial charge on any atom is 0.323 e. The summed E-state index contributed by atoms with van der Waals surface area (Å²) in [4.78, 5) is 12.0. The van der Waals surface area contributed by atoms with Gasteiger partial charge in [-0.3, -0.25) is 4.79 Å². The number of benzene rings is 1. The minimum absolute atomic E-state index is 0.0315. The van der Waals surface area contributed by atoms with Crippen LogP contribution in [0, 0.1) is 0 Å². The first-order valence-electron chi connectivity index (χ1n) is 6.78. The molecule has 0 saturated carbocycles. The molecule has 2 N–H and O–H groups in total. The summed E-state index contributed by atoms with van der Waals surface area (Å²) < 4.78 is 5.44. The third-order valence-corrected chi connectivity index (χ3v) is 2.90. The van der Waals surface area contributed by atoms with Crippen LogP contribution in [0.2, 0.25) is 0 Å². The van der Waals surface area contributed by atoms with E-state index in [-0.39, 0.29) is 18.7 Å². The molecule has 0 aliphatic rings. The first-order valence-corrected chi connectivity index (χ1v) is 6.78. The van der Waals surface area contributed by atoms with Gasteiger partial charge in [0.1, 0.15) is 12.1 Å². The molecular weight excluding hydrogens is 242 g/mol. The fraction of sp³-hybridized carbons (Fsp3) is 0.533. The van der Waals surface area contributed by atoms with Gasteiger partial charge < -0.3 is 15.2 Å². The van der Waals surface area contributed by atoms with E-state index in [1.165, 1.54) is 0 Å². The Bertz CT molecular complexity index is 367. The number of aliphatic hydroxyl groups is 1. The lowest BCUT2D eigenvalue weighted by atomic mass is 10.1. The van der Waals surface area contributed by atoms with Gasteiger partial charge in [-0.15, -0.1) is 0 Å². The lowest BCUT2D eigenvalue weighted by Gasteiger charge is -2.20. The van der Waals surface area contributed by atoms with Crippen molar-refractivity contribution in [1.82, 2.24) is 5.32 Å². The van der Waals surface area contributed by atoms with E-state index >= 15 is 0 Å². The van der Waals surface area contributed by atoms with E-state index in [4.69, 9.17) is 9.84 Å². The van der Waals surface area contributed by atoms with Crippen molar-refractivity contribution in [3.8, 4) is 0 Å². The maximum atomic E-state index is 12.0. The fourth-order valence-corrected chi connectivity index (χ4v) is 1.80. The van der Waals surface area contributed by atoms with E-state index in [1.54, 1.807) is 0 Å². The Kier molecular flexibility index (Phi) is 7.15. The number of rotatable bonds is 8. The lowest BCUT2D eigenvalue weighted by Crippen LogP contribution is -2.39. The Balaban J connectivity index is 2.55. The molecule has 0 radical (unpaired) electrons. The van der Waals surface area contributed by atoms with Crippen LogP contribution in [0.3, 0.4) is 0 Å². The number of carbonyl (C=O) groups is 1. The highest BCUT2D eigenvalue weighted by atomic mass is 16.5. The number of carbonyl (C=O) groups excluding carboxylic acids is 1. The molecule has 1 aromatic carbocycles. The second-order valence-electron chi connectivity index (χ2n) is 4.51. The number of esters is 1. The summed E-state index contributed by atoms with van der Waals surface area (Å²) in [6.45, 7) is 4.58. The average Bonchev–Trinajstić information content (AvgIpc) is 2.44. The summed E-state index contributed by atoms with van der Waals surface area (Å²) in [6.07, 6.45) is 1.03. The lowest BCUT2D eigenvalue weighted by molar-refractivity contribution is -0.151. The van der Waals surface area contributed by atoms with Crippen LogP contribution < -0.4 is 5.32 Å². The van der Waals surface area contributed by atoms with Crippen LogP contribution >= 0.6 is 0 Å². The molecule has 0 fully saturated rings. The molecule has 0 unspecified atom stereocenters. The van der Waals surface area contributed by atoms with Gasteiger partial charge in [0.25, 0.3) is 0 Å². The Morgan fingerprint density at radius 3 is 2.63 bits per heavy atom. The molecule has 106 valence electrons. The SMILES string of the molecule is CCCN[C@@H](CCO)C(=O)O[C@H](C)c1ccccc1. The number of hydrogen-bond acceptors (Lipinski definition) is 4. The summed E-state index contributed by atoms with van der Waals surface area (Å²) in [6, 6.07) is 9.18. The van der Waals surface area contributed by atoms with Gasteiger partial charge in [-0.2, -0.15) is 0 Å². The molecule has 1 rings (SSSR count). The van der Waals surface area contributed by atoms with E-state index < -0.39 is 6.04 Å². The molecule has 0 aliphatic carbocycles. The van der Waals surface area contributed by atoms with Crippen molar-refractivity contribution in [2.45, 2.75) is 38.8 Å². The molecule has 0 heterocycles. The monoisotopic (exact) mass is 265 g/mol. The van der Waals surface area contributed by atoms with Crippen molar-refractivity contribution >= 4 is 5.97 Å². The predicted molar refractivity (Wildman–Crippen MR) is 74.7 cm³/mol. The fourth-order valence-electron chi connectivity index (χ4n) is 1.80. The van der Waals surface area contributed by atoms with Crippen molar-refractivity contribution in [2.75, 3.05) is 13.2 Å². The summed E-state index contributed by atoms with van der Waals surface area (Å²) in [5.41, 5.74) is 0.967. The first-order chi connectivity index (χ1) is 9.19. The number of hydrogen-bond donors (Lipinski definition) is 2. The second kappa shape index (κ2) is 8.67. The smallest absolute Gasteiger partial charge is 0.323 e. The Morgan fingerprint density at radius 2 is 2.05 bits per heavy atom. The van der Waals surface area contributed by atoms with Gasteiger partial charge in [0, 0.05) is 6.61 Å². The first kappa shape index (κ1) is 15.7. The van der Waals surface area contributed by atoms with E-state index in [1.807, 2.05) is 44.2 Å². The summed E-state index contributed by atoms with van der Waals surface area (Å²) in [5, 5.41) is 12.1. The van der Waals surface area contributed by atoms with E-state index in [9.17, 15) is 4.79 Å². The van der Waals surface area contributed by atoms with Gasteiger partial charge >= 0.3 is 5.97 Å². The van der Waals surface area contributed by atoms with E-state index in [2.05, 4.69) is 5.32 Å². The molecule has 4 nitrogen and oxygen atoms in total. The maximum absolute atomic E-state index is 12.0. The molecule has 0 aromatic heterocycles. The van der Waals surface area contributed by atoms with Crippen LogP contribution in [-0.4, -0.2) is 30.3 Å². The number of aliphatic hydroxyl groups excluding tert-OH is 1. The third kappa shape index (κ3) is 5.41. The normalized spacial score (nSPS) is 13.8. The van der Waals surface area contributed by atoms with Crippen LogP contribution in [0.15, 0.2) is 30.3 Å². The molecule has 0 spiro atoms. The third-order valence-electron chi connectivity index (χ3n) is 2.90. The van der Waals surface area contributed by atoms with Crippen LogP contribution in [-0.2, 0) is 9.53 Å². The van der Waals surface area contributed by atoms with Crippen molar-refractivity contribution in [2.24, 2.45) is 0 Å². The van der Waals surface area contributed by atoms with Crippen molar-refractivity contribution in [3.63, 3.8) is 0 Å². The molecule has 1 aromatic rings. The molecule has 0 amide bonds. The Morgan fingerprint density at radius 1 is 1.37 bits per heavy atom. The quantitative estimate of drug-likeness (QED) is 0.706. The second-order valence-corrected chi connectivity index (χ2v) is 4.51. The predicted octanol–water partition coefficient (Wildman–Crippen LogP) is 2.04. The van der Waals surface area contributed by atoms with Crippen molar-refractivity contribution in [3.05, 3.63) is 35.9 Å². The van der Waals surface area contributed by atoms with Gasteiger partial charge in [-0.25, -0.2) is 0 Å². The molecule has 19 heavy (non-hydrogen) atoms. The molecule has 2 atom stereocenters. The zero-order chi connectivity index (χ0) is 14.1. The highest BCUT2D eigenvalue weighted by Gasteiger charge is 2.21. The Labute approximate surface area is 114 Å². The highest BCUT2D eigenvalue weighted by Crippen LogP contribution is 2.17. The van der Waals surface area contributed by atoms with Gasteiger partial charge in [-0.1, -0.05) is 37.3 Å². The van der Waals surface area contributed by atoms with Gasteiger partial charge in [0.2, 0.25) is 0 Å². The van der Waals surface area contributed by atoms with Crippen molar-refractivity contribution in [1.29, 1.82) is 0 Å². The standard InChI is InChI=1S/C15H23NO3/c1-3-10-16-14(9-11-17)15(18)19-12(2)13-7-5-4-6-8-13/h4-8,12,14,16-17H,3,9-11H2,1-2H3/t12-,14+/m1/s1. The largest absolute Gasteiger partial charge is 0.457 e. The summed E-state index contributed by atoms with van der Waals surface area (Å²) in [5.74, 6) is -0.307. The Hall–Kier alpha value is -1.39. The van der Waals surface area contributed by atoms with Crippen LogP contribution in [0.25, 0.3) is 0 Å². The topological polar surface area (TPSA) is 58.6 Å². The van der Waals surface area contributed by atoms with Gasteiger partial charge in [0.15, 0.2) is 0 Å². The van der Waals surface area contributed by atoms with Crippen LogP contribution in [0.1, 0.15) is 38.4 Å². The number of ether oxygens (including phenoxy) is 1. The molecule has 4 heteroatoms. The van der Waals surface area contributed by atoms with Crippen LogP contribution in [0.4, 0.5) is 0 Å². The van der Waals surface area contributed by atoms with Gasteiger partial charge in [-0.05, 0) is 31.9 Å². The molecule has 0 saturated heterocycles. The number of nitrogens with one attached hydrogen (secondary N) is 1. The molecule has 0 bridgehead atoms. The summed E-state index contributed by atoms with van der Waals surface area (Å²) in [7, 11) is 0. The zero-order valence-corrected chi connectivity index (χ0v) is 11.6.